The molecule has 46 heavy (non-hydrogen) atoms. The maximum atomic E-state index is 13.3. The van der Waals surface area contributed by atoms with Crippen LogP contribution in [0.4, 0.5) is 0 Å². The summed E-state index contributed by atoms with van der Waals surface area (Å²) in [5.74, 6) is -5.47. The fourth-order valence-corrected chi connectivity index (χ4v) is 4.77. The van der Waals surface area contributed by atoms with Crippen LogP contribution in [-0.4, -0.2) is 69.6 Å². The highest BCUT2D eigenvalue weighted by Gasteiger charge is 2.33. The number of carboxylic acid groups (broad SMARTS) is 1. The first-order valence-corrected chi connectivity index (χ1v) is 14.9. The predicted octanol–water partition coefficient (Wildman–Crippen LogP) is 2.29. The number of aromatic nitrogens is 1. The third kappa shape index (κ3) is 9.22. The van der Waals surface area contributed by atoms with E-state index in [-0.39, 0.29) is 12.3 Å². The number of aryl methyl sites for hydroxylation is 3. The fourth-order valence-electron chi connectivity index (χ4n) is 4.77. The van der Waals surface area contributed by atoms with Crippen LogP contribution in [0.3, 0.4) is 0 Å². The number of aliphatic carboxylic acids is 1. The Labute approximate surface area is 266 Å². The second kappa shape index (κ2) is 15.3. The molecule has 4 amide bonds. The number of carbonyl (C=O) groups excluding carboxylic acids is 5. The monoisotopic (exact) mass is 635 g/mol. The standard InChI is InChI=1S/C33H41N5O8/c1-16(2)26(37-31(44)24(35-21(7)39)14-22-12-8-17(3)9-13-22)32(45)34-20(6)30(43)36-23(15-25(40)41)28(42)33-38-27-18(4)10-11-19(5)29(27)46-33/h8-13,16,20,23-24,26H,14-15H2,1-7H3,(H,34,45)(H,35,39)(H,36,43)(H,37,44)(H,40,41)/t20-,23+,24-,26+/m0/s1. The van der Waals surface area contributed by atoms with Gasteiger partial charge in [-0.15, -0.1) is 0 Å². The van der Waals surface area contributed by atoms with Gasteiger partial charge in [-0.25, -0.2) is 4.98 Å². The number of hydrogen-bond acceptors (Lipinski definition) is 8. The van der Waals surface area contributed by atoms with E-state index in [1.54, 1.807) is 33.8 Å². The molecule has 0 spiro atoms. The fraction of sp³-hybridized carbons (Fsp3) is 0.424. The van der Waals surface area contributed by atoms with Crippen molar-refractivity contribution < 1.29 is 38.3 Å². The molecule has 1 heterocycles. The van der Waals surface area contributed by atoms with Crippen molar-refractivity contribution in [3.8, 4) is 0 Å². The Morgan fingerprint density at radius 3 is 1.98 bits per heavy atom. The lowest BCUT2D eigenvalue weighted by molar-refractivity contribution is -0.138. The number of carboxylic acids is 1. The van der Waals surface area contributed by atoms with Crippen LogP contribution >= 0.6 is 0 Å². The van der Waals surface area contributed by atoms with Crippen molar-refractivity contribution in [3.05, 3.63) is 64.5 Å². The molecule has 4 atom stereocenters. The number of benzene rings is 2. The van der Waals surface area contributed by atoms with Gasteiger partial charge >= 0.3 is 5.97 Å². The molecule has 0 aliphatic carbocycles. The van der Waals surface area contributed by atoms with Crippen LogP contribution in [0.1, 0.15) is 67.1 Å². The summed E-state index contributed by atoms with van der Waals surface area (Å²) in [5, 5.41) is 19.6. The van der Waals surface area contributed by atoms with Gasteiger partial charge in [0, 0.05) is 13.3 Å². The summed E-state index contributed by atoms with van der Waals surface area (Å²) < 4.78 is 5.65. The van der Waals surface area contributed by atoms with Crippen molar-refractivity contribution in [2.75, 3.05) is 0 Å². The first-order chi connectivity index (χ1) is 21.6. The third-order valence-corrected chi connectivity index (χ3v) is 7.42. The minimum atomic E-state index is -1.53. The summed E-state index contributed by atoms with van der Waals surface area (Å²) in [4.78, 5) is 80.6. The highest BCUT2D eigenvalue weighted by atomic mass is 16.4. The molecular weight excluding hydrogens is 594 g/mol. The Bertz CT molecular complexity index is 1590. The molecule has 0 fully saturated rings. The van der Waals surface area contributed by atoms with Gasteiger partial charge in [-0.05, 0) is 50.3 Å². The first-order valence-electron chi connectivity index (χ1n) is 14.9. The van der Waals surface area contributed by atoms with E-state index in [9.17, 15) is 33.9 Å². The van der Waals surface area contributed by atoms with Crippen molar-refractivity contribution >= 4 is 46.5 Å². The van der Waals surface area contributed by atoms with Crippen LogP contribution in [0.5, 0.6) is 0 Å². The molecule has 246 valence electrons. The van der Waals surface area contributed by atoms with Gasteiger partial charge in [-0.2, -0.15) is 0 Å². The predicted molar refractivity (Wildman–Crippen MR) is 169 cm³/mol. The van der Waals surface area contributed by atoms with Crippen LogP contribution < -0.4 is 21.3 Å². The molecule has 3 aromatic rings. The number of rotatable bonds is 14. The van der Waals surface area contributed by atoms with Gasteiger partial charge in [0.2, 0.25) is 29.4 Å². The summed E-state index contributed by atoms with van der Waals surface area (Å²) in [6, 6.07) is 6.29. The van der Waals surface area contributed by atoms with Crippen molar-refractivity contribution in [1.82, 2.24) is 26.3 Å². The minimum Gasteiger partial charge on any atom is -0.481 e. The smallest absolute Gasteiger partial charge is 0.305 e. The second-order valence-corrected chi connectivity index (χ2v) is 11.8. The SMILES string of the molecule is CC(=O)N[C@@H](Cc1ccc(C)cc1)C(=O)N[C@@H](C(=O)N[C@@H](C)C(=O)N[C@H](CC(=O)O)C(=O)c1nc2c(C)ccc(C)c2o1)C(C)C. The quantitative estimate of drug-likeness (QED) is 0.165. The molecule has 0 saturated heterocycles. The summed E-state index contributed by atoms with van der Waals surface area (Å²) in [7, 11) is 0. The average Bonchev–Trinajstić information content (AvgIpc) is 3.44. The second-order valence-electron chi connectivity index (χ2n) is 11.8. The van der Waals surface area contributed by atoms with Gasteiger partial charge in [0.05, 0.1) is 6.42 Å². The van der Waals surface area contributed by atoms with Crippen molar-refractivity contribution in [2.24, 2.45) is 5.92 Å². The Balaban J connectivity index is 1.71. The summed E-state index contributed by atoms with van der Waals surface area (Å²) in [6.07, 6.45) is -0.562. The first kappa shape index (κ1) is 35.4. The number of carbonyl (C=O) groups is 6. The highest BCUT2D eigenvalue weighted by Crippen LogP contribution is 2.24. The Hall–Kier alpha value is -5.07. The molecule has 0 saturated carbocycles. The summed E-state index contributed by atoms with van der Waals surface area (Å²) in [5.41, 5.74) is 4.16. The molecule has 13 nitrogen and oxygen atoms in total. The number of hydrogen-bond donors (Lipinski definition) is 5. The Morgan fingerprint density at radius 2 is 1.41 bits per heavy atom. The van der Waals surface area contributed by atoms with Gasteiger partial charge in [-0.1, -0.05) is 55.8 Å². The number of nitrogens with zero attached hydrogens (tertiary/aromatic N) is 1. The topological polar surface area (TPSA) is 197 Å². The number of fused-ring (bicyclic) bond motifs is 1. The van der Waals surface area contributed by atoms with E-state index in [1.807, 2.05) is 37.3 Å². The highest BCUT2D eigenvalue weighted by molar-refractivity contribution is 6.03. The third-order valence-electron chi connectivity index (χ3n) is 7.42. The lowest BCUT2D eigenvalue weighted by Crippen LogP contribution is -2.58. The van der Waals surface area contributed by atoms with E-state index in [1.165, 1.54) is 13.8 Å². The Kier molecular flexibility index (Phi) is 11.8. The van der Waals surface area contributed by atoms with Crippen molar-refractivity contribution in [2.45, 2.75) is 85.5 Å². The Morgan fingerprint density at radius 1 is 0.783 bits per heavy atom. The van der Waals surface area contributed by atoms with Gasteiger partial charge in [0.15, 0.2) is 5.58 Å². The number of Topliss-reactive ketones (excluding diaryl/α,β-unsaturated/α-hetero) is 1. The maximum absolute atomic E-state index is 13.3. The van der Waals surface area contributed by atoms with E-state index in [0.717, 1.165) is 22.3 Å². The zero-order valence-corrected chi connectivity index (χ0v) is 27.0. The number of oxazole rings is 1. The van der Waals surface area contributed by atoms with Crippen LogP contribution in [0, 0.1) is 26.7 Å². The lowest BCUT2D eigenvalue weighted by Gasteiger charge is -2.26. The molecular formula is C33H41N5O8. The van der Waals surface area contributed by atoms with E-state index in [2.05, 4.69) is 26.3 Å². The number of amides is 4. The molecule has 0 aliphatic heterocycles. The molecule has 3 rings (SSSR count). The van der Waals surface area contributed by atoms with E-state index >= 15 is 0 Å². The average molecular weight is 636 g/mol. The number of nitrogens with one attached hydrogen (secondary N) is 4. The maximum Gasteiger partial charge on any atom is 0.305 e. The molecule has 13 heteroatoms. The van der Waals surface area contributed by atoms with Gasteiger partial charge < -0.3 is 30.8 Å². The minimum absolute atomic E-state index is 0.190. The zero-order chi connectivity index (χ0) is 34.3. The van der Waals surface area contributed by atoms with Gasteiger partial charge in [-0.3, -0.25) is 28.8 Å². The molecule has 0 aliphatic rings. The van der Waals surface area contributed by atoms with Crippen LogP contribution in [0.2, 0.25) is 0 Å². The molecule has 1 aromatic heterocycles. The molecule has 0 radical (unpaired) electrons. The van der Waals surface area contributed by atoms with E-state index < -0.39 is 71.9 Å². The molecule has 5 N–H and O–H groups in total. The molecule has 2 aromatic carbocycles. The van der Waals surface area contributed by atoms with Gasteiger partial charge in [0.1, 0.15) is 29.7 Å². The lowest BCUT2D eigenvalue weighted by atomic mass is 10.00. The largest absolute Gasteiger partial charge is 0.481 e. The van der Waals surface area contributed by atoms with Crippen LogP contribution in [-0.2, 0) is 30.4 Å². The molecule has 0 bridgehead atoms. The van der Waals surface area contributed by atoms with E-state index in [0.29, 0.717) is 11.1 Å². The zero-order valence-electron chi connectivity index (χ0n) is 27.0. The van der Waals surface area contributed by atoms with E-state index in [4.69, 9.17) is 4.42 Å². The summed E-state index contributed by atoms with van der Waals surface area (Å²) >= 11 is 0. The van der Waals surface area contributed by atoms with Crippen molar-refractivity contribution in [1.29, 1.82) is 0 Å². The number of ketones is 1. The normalized spacial score (nSPS) is 13.7. The van der Waals surface area contributed by atoms with Gasteiger partial charge in [0.25, 0.3) is 5.89 Å². The van der Waals surface area contributed by atoms with Crippen LogP contribution in [0.15, 0.2) is 40.8 Å². The summed E-state index contributed by atoms with van der Waals surface area (Å²) in [6.45, 7) is 11.5. The van der Waals surface area contributed by atoms with Crippen molar-refractivity contribution in [3.63, 3.8) is 0 Å². The molecule has 0 unspecified atom stereocenters. The van der Waals surface area contributed by atoms with Crippen LogP contribution in [0.25, 0.3) is 11.1 Å².